The van der Waals surface area contributed by atoms with Crippen molar-refractivity contribution in [2.24, 2.45) is 10.9 Å². The van der Waals surface area contributed by atoms with E-state index in [1.165, 1.54) is 0 Å². The molecule has 122 valence electrons. The SMILES string of the molecule is NC(=NO)C1(NC(=O)NCC(F)(F)F)CCCCCCC1. The van der Waals surface area contributed by atoms with Gasteiger partial charge in [-0.25, -0.2) is 4.79 Å². The van der Waals surface area contributed by atoms with Gasteiger partial charge in [-0.3, -0.25) is 0 Å². The van der Waals surface area contributed by atoms with Gasteiger partial charge < -0.3 is 21.6 Å². The summed E-state index contributed by atoms with van der Waals surface area (Å²) in [5, 5.41) is 16.0. The molecule has 0 aromatic heterocycles. The summed E-state index contributed by atoms with van der Waals surface area (Å²) in [5.41, 5.74) is 4.58. The third kappa shape index (κ3) is 5.68. The first-order valence-corrected chi connectivity index (χ1v) is 6.90. The summed E-state index contributed by atoms with van der Waals surface area (Å²) in [6.07, 6.45) is 0.809. The van der Waals surface area contributed by atoms with Crippen molar-refractivity contribution in [2.45, 2.75) is 56.7 Å². The van der Waals surface area contributed by atoms with E-state index in [-0.39, 0.29) is 5.84 Å². The number of nitrogens with zero attached hydrogens (tertiary/aromatic N) is 1. The summed E-state index contributed by atoms with van der Waals surface area (Å²) in [7, 11) is 0. The zero-order chi connectivity index (χ0) is 15.9. The van der Waals surface area contributed by atoms with Crippen LogP contribution in [0.2, 0.25) is 0 Å². The summed E-state index contributed by atoms with van der Waals surface area (Å²) in [5.74, 6) is -0.174. The Kier molecular flexibility index (Phi) is 6.10. The number of hydrogen-bond acceptors (Lipinski definition) is 3. The van der Waals surface area contributed by atoms with Gasteiger partial charge in [-0.1, -0.05) is 37.3 Å². The maximum absolute atomic E-state index is 12.1. The maximum Gasteiger partial charge on any atom is 0.405 e. The van der Waals surface area contributed by atoms with E-state index in [1.807, 2.05) is 0 Å². The lowest BCUT2D eigenvalue weighted by Gasteiger charge is -2.35. The van der Waals surface area contributed by atoms with Crippen LogP contribution in [0.4, 0.5) is 18.0 Å². The predicted octanol–water partition coefficient (Wildman–Crippen LogP) is 2.08. The van der Waals surface area contributed by atoms with Gasteiger partial charge in [-0.05, 0) is 12.8 Å². The van der Waals surface area contributed by atoms with E-state index in [9.17, 15) is 18.0 Å². The number of urea groups is 1. The molecule has 5 N–H and O–H groups in total. The molecule has 0 bridgehead atoms. The highest BCUT2D eigenvalue weighted by atomic mass is 19.4. The molecule has 2 amide bonds. The van der Waals surface area contributed by atoms with Crippen LogP contribution in [0.3, 0.4) is 0 Å². The van der Waals surface area contributed by atoms with Gasteiger partial charge in [-0.2, -0.15) is 13.2 Å². The zero-order valence-electron chi connectivity index (χ0n) is 11.7. The van der Waals surface area contributed by atoms with E-state index in [0.29, 0.717) is 12.8 Å². The maximum atomic E-state index is 12.1. The number of carbonyl (C=O) groups is 1. The second kappa shape index (κ2) is 7.37. The number of amides is 2. The quantitative estimate of drug-likeness (QED) is 0.278. The topological polar surface area (TPSA) is 99.7 Å². The van der Waals surface area contributed by atoms with Crippen LogP contribution in [0.25, 0.3) is 0 Å². The minimum absolute atomic E-state index is 0.174. The van der Waals surface area contributed by atoms with E-state index in [1.54, 1.807) is 5.32 Å². The van der Waals surface area contributed by atoms with Crippen molar-refractivity contribution in [3.05, 3.63) is 0 Å². The number of nitrogens with one attached hydrogen (secondary N) is 2. The highest BCUT2D eigenvalue weighted by Gasteiger charge is 2.37. The molecule has 1 aliphatic carbocycles. The largest absolute Gasteiger partial charge is 0.409 e. The molecule has 0 heterocycles. The Bertz CT molecular complexity index is 377. The normalized spacial score (nSPS) is 20.2. The first-order valence-electron chi connectivity index (χ1n) is 6.90. The molecule has 21 heavy (non-hydrogen) atoms. The number of hydrogen-bond donors (Lipinski definition) is 4. The fourth-order valence-electron chi connectivity index (χ4n) is 2.49. The van der Waals surface area contributed by atoms with E-state index in [4.69, 9.17) is 10.9 Å². The fourth-order valence-corrected chi connectivity index (χ4v) is 2.49. The van der Waals surface area contributed by atoms with Gasteiger partial charge in [0.15, 0.2) is 5.84 Å². The second-order valence-electron chi connectivity index (χ2n) is 5.26. The lowest BCUT2D eigenvalue weighted by Crippen LogP contribution is -2.60. The average molecular weight is 310 g/mol. The summed E-state index contributed by atoms with van der Waals surface area (Å²) < 4.78 is 36.3. The molecule has 1 fully saturated rings. The standard InChI is InChI=1S/C12H21F3N4O2/c13-12(14,15)8-17-10(20)18-11(9(16)19-21)6-4-2-1-3-5-7-11/h21H,1-8H2,(H2,16,19)(H2,17,18,20). The monoisotopic (exact) mass is 310 g/mol. The number of carbonyl (C=O) groups excluding carboxylic acids is 1. The predicted molar refractivity (Wildman–Crippen MR) is 71.0 cm³/mol. The smallest absolute Gasteiger partial charge is 0.405 e. The van der Waals surface area contributed by atoms with Gasteiger partial charge in [0.2, 0.25) is 0 Å². The van der Waals surface area contributed by atoms with Gasteiger partial charge in [0.25, 0.3) is 0 Å². The molecule has 0 radical (unpaired) electrons. The van der Waals surface area contributed by atoms with E-state index >= 15 is 0 Å². The summed E-state index contributed by atoms with van der Waals surface area (Å²) >= 11 is 0. The number of oxime groups is 1. The Morgan fingerprint density at radius 2 is 1.71 bits per heavy atom. The van der Waals surface area contributed by atoms with Gasteiger partial charge in [-0.15, -0.1) is 0 Å². The molecule has 0 aromatic rings. The molecule has 1 rings (SSSR count). The number of nitrogens with two attached hydrogens (primary N) is 1. The molecule has 1 aliphatic rings. The molecular weight excluding hydrogens is 289 g/mol. The van der Waals surface area contributed by atoms with Crippen LogP contribution < -0.4 is 16.4 Å². The van der Waals surface area contributed by atoms with Crippen LogP contribution in [-0.2, 0) is 0 Å². The van der Waals surface area contributed by atoms with Crippen molar-refractivity contribution in [3.63, 3.8) is 0 Å². The molecule has 9 heteroatoms. The van der Waals surface area contributed by atoms with Crippen LogP contribution in [0.1, 0.15) is 44.9 Å². The summed E-state index contributed by atoms with van der Waals surface area (Å²) in [6, 6.07) is -0.973. The van der Waals surface area contributed by atoms with Crippen LogP contribution in [0.15, 0.2) is 5.16 Å². The number of rotatable bonds is 3. The van der Waals surface area contributed by atoms with Gasteiger partial charge in [0.1, 0.15) is 12.1 Å². The van der Waals surface area contributed by atoms with Crippen molar-refractivity contribution in [1.29, 1.82) is 0 Å². The lowest BCUT2D eigenvalue weighted by molar-refractivity contribution is -0.122. The second-order valence-corrected chi connectivity index (χ2v) is 5.26. The fraction of sp³-hybridized carbons (Fsp3) is 0.833. The highest BCUT2D eigenvalue weighted by molar-refractivity contribution is 5.93. The summed E-state index contributed by atoms with van der Waals surface area (Å²) in [4.78, 5) is 11.7. The van der Waals surface area contributed by atoms with E-state index < -0.39 is 24.3 Å². The Balaban J connectivity index is 2.75. The van der Waals surface area contributed by atoms with Gasteiger partial charge in [0, 0.05) is 0 Å². The Labute approximate surface area is 120 Å². The Morgan fingerprint density at radius 3 is 2.19 bits per heavy atom. The molecule has 6 nitrogen and oxygen atoms in total. The highest BCUT2D eigenvalue weighted by Crippen LogP contribution is 2.26. The minimum atomic E-state index is -4.48. The van der Waals surface area contributed by atoms with Crippen molar-refractivity contribution in [2.75, 3.05) is 6.54 Å². The zero-order valence-corrected chi connectivity index (χ0v) is 11.7. The first-order chi connectivity index (χ1) is 9.79. The van der Waals surface area contributed by atoms with Crippen LogP contribution in [0, 0.1) is 0 Å². The van der Waals surface area contributed by atoms with Gasteiger partial charge >= 0.3 is 12.2 Å². The Morgan fingerprint density at radius 1 is 1.19 bits per heavy atom. The molecule has 1 saturated carbocycles. The van der Waals surface area contributed by atoms with Crippen molar-refractivity contribution >= 4 is 11.9 Å². The van der Waals surface area contributed by atoms with Crippen molar-refractivity contribution in [3.8, 4) is 0 Å². The van der Waals surface area contributed by atoms with Crippen LogP contribution >= 0.6 is 0 Å². The molecule has 0 saturated heterocycles. The Hall–Kier alpha value is -1.67. The molecule has 0 aliphatic heterocycles. The lowest BCUT2D eigenvalue weighted by atomic mass is 9.83. The molecule has 0 unspecified atom stereocenters. The van der Waals surface area contributed by atoms with Crippen molar-refractivity contribution in [1.82, 2.24) is 10.6 Å². The van der Waals surface area contributed by atoms with Crippen LogP contribution in [-0.4, -0.2) is 35.3 Å². The minimum Gasteiger partial charge on any atom is -0.409 e. The first kappa shape index (κ1) is 17.4. The number of halogens is 3. The molecule has 0 aromatic carbocycles. The summed E-state index contributed by atoms with van der Waals surface area (Å²) in [6.45, 7) is -1.43. The molecular formula is C12H21F3N4O2. The van der Waals surface area contributed by atoms with Crippen LogP contribution in [0.5, 0.6) is 0 Å². The number of amidine groups is 1. The molecule has 0 atom stereocenters. The van der Waals surface area contributed by atoms with E-state index in [0.717, 1.165) is 32.1 Å². The third-order valence-electron chi connectivity index (χ3n) is 3.61. The molecule has 0 spiro atoms. The number of alkyl halides is 3. The van der Waals surface area contributed by atoms with E-state index in [2.05, 4.69) is 10.5 Å². The van der Waals surface area contributed by atoms with Gasteiger partial charge in [0.05, 0.1) is 0 Å². The van der Waals surface area contributed by atoms with Crippen molar-refractivity contribution < 1.29 is 23.2 Å². The average Bonchev–Trinajstić information content (AvgIpc) is 2.38. The third-order valence-corrected chi connectivity index (χ3v) is 3.61.